The minimum Gasteiger partial charge on any atom is -0.481 e. The molecule has 1 atom stereocenters. The minimum atomic E-state index is -0.862. The molecular formula is C15H21NO3. The van der Waals surface area contributed by atoms with Crippen molar-refractivity contribution in [3.05, 3.63) is 42.0 Å². The molecule has 4 heteroatoms. The van der Waals surface area contributed by atoms with Crippen LogP contribution in [0.1, 0.15) is 31.4 Å². The van der Waals surface area contributed by atoms with Gasteiger partial charge in [-0.15, -0.1) is 0 Å². The molecule has 0 aromatic heterocycles. The molecule has 0 amide bonds. The summed E-state index contributed by atoms with van der Waals surface area (Å²) < 4.78 is 0. The monoisotopic (exact) mass is 263 g/mol. The molecule has 0 bridgehead atoms. The van der Waals surface area contributed by atoms with Gasteiger partial charge in [0, 0.05) is 13.1 Å². The van der Waals surface area contributed by atoms with Crippen LogP contribution in [0.3, 0.4) is 0 Å². The number of aliphatic carboxylic acids is 1. The van der Waals surface area contributed by atoms with E-state index in [-0.39, 0.29) is 6.42 Å². The molecule has 19 heavy (non-hydrogen) atoms. The van der Waals surface area contributed by atoms with Crippen LogP contribution >= 0.6 is 0 Å². The van der Waals surface area contributed by atoms with Gasteiger partial charge in [0.05, 0.1) is 6.42 Å². The zero-order chi connectivity index (χ0) is 14.4. The van der Waals surface area contributed by atoms with Gasteiger partial charge in [0.25, 0.3) is 0 Å². The van der Waals surface area contributed by atoms with Crippen molar-refractivity contribution in [3.63, 3.8) is 0 Å². The third-order valence-corrected chi connectivity index (χ3v) is 2.99. The van der Waals surface area contributed by atoms with E-state index in [0.717, 1.165) is 16.7 Å². The molecule has 0 saturated carbocycles. The number of hydrogen-bond donors (Lipinski definition) is 2. The fourth-order valence-electron chi connectivity index (χ4n) is 1.93. The molecular weight excluding hydrogens is 242 g/mol. The standard InChI is InChI=1S/C15H21NO3/c1-11(2)14-7-5-4-6-13(14)10-16(12(3)17)9-8-15(18)19/h4-7,12,17H,1,8-10H2,2-3H3,(H,18,19). The lowest BCUT2D eigenvalue weighted by molar-refractivity contribution is -0.138. The molecule has 1 unspecified atom stereocenters. The highest BCUT2D eigenvalue weighted by molar-refractivity contribution is 5.67. The van der Waals surface area contributed by atoms with Crippen molar-refractivity contribution >= 4 is 11.5 Å². The van der Waals surface area contributed by atoms with Crippen molar-refractivity contribution < 1.29 is 15.0 Å². The molecule has 1 aromatic rings. The molecule has 2 N–H and O–H groups in total. The highest BCUT2D eigenvalue weighted by Crippen LogP contribution is 2.19. The molecule has 0 radical (unpaired) electrons. The van der Waals surface area contributed by atoms with Gasteiger partial charge in [-0.1, -0.05) is 36.4 Å². The number of carboxylic acid groups (broad SMARTS) is 1. The van der Waals surface area contributed by atoms with Crippen molar-refractivity contribution in [1.82, 2.24) is 4.90 Å². The van der Waals surface area contributed by atoms with Crippen LogP contribution in [0.5, 0.6) is 0 Å². The molecule has 0 heterocycles. The van der Waals surface area contributed by atoms with Crippen molar-refractivity contribution in [3.8, 4) is 0 Å². The van der Waals surface area contributed by atoms with Gasteiger partial charge in [0.15, 0.2) is 0 Å². The summed E-state index contributed by atoms with van der Waals surface area (Å²) in [5.41, 5.74) is 3.05. The summed E-state index contributed by atoms with van der Waals surface area (Å²) in [5, 5.41) is 18.5. The molecule has 4 nitrogen and oxygen atoms in total. The van der Waals surface area contributed by atoms with Gasteiger partial charge < -0.3 is 10.2 Å². The second kappa shape index (κ2) is 7.07. The zero-order valence-electron chi connectivity index (χ0n) is 11.5. The van der Waals surface area contributed by atoms with Crippen molar-refractivity contribution in [2.75, 3.05) is 6.54 Å². The Balaban J connectivity index is 2.84. The van der Waals surface area contributed by atoms with E-state index in [2.05, 4.69) is 6.58 Å². The Bertz CT molecular complexity index is 454. The number of nitrogens with zero attached hydrogens (tertiary/aromatic N) is 1. The summed E-state index contributed by atoms with van der Waals surface area (Å²) in [6.45, 7) is 8.34. The van der Waals surface area contributed by atoms with Gasteiger partial charge in [-0.3, -0.25) is 9.69 Å². The van der Waals surface area contributed by atoms with Crippen molar-refractivity contribution in [2.45, 2.75) is 33.0 Å². The fourth-order valence-corrected chi connectivity index (χ4v) is 1.93. The maximum Gasteiger partial charge on any atom is 0.304 e. The number of rotatable bonds is 7. The molecule has 0 spiro atoms. The summed E-state index contributed by atoms with van der Waals surface area (Å²) in [4.78, 5) is 12.4. The van der Waals surface area contributed by atoms with E-state index in [1.54, 1.807) is 11.8 Å². The molecule has 0 aliphatic carbocycles. The quantitative estimate of drug-likeness (QED) is 0.741. The average molecular weight is 263 g/mol. The van der Waals surface area contributed by atoms with Crippen LogP contribution in [-0.4, -0.2) is 33.9 Å². The first-order valence-electron chi connectivity index (χ1n) is 6.29. The molecule has 1 aromatic carbocycles. The summed E-state index contributed by atoms with van der Waals surface area (Å²) in [6, 6.07) is 7.83. The Labute approximate surface area is 114 Å². The molecule has 1 rings (SSSR count). The Hall–Kier alpha value is -1.65. The topological polar surface area (TPSA) is 60.8 Å². The Morgan fingerprint density at radius 1 is 1.42 bits per heavy atom. The van der Waals surface area contributed by atoms with Gasteiger partial charge >= 0.3 is 5.97 Å². The fraction of sp³-hybridized carbons (Fsp3) is 0.400. The molecule has 0 fully saturated rings. The van der Waals surface area contributed by atoms with Crippen LogP contribution in [0.15, 0.2) is 30.8 Å². The second-order valence-electron chi connectivity index (χ2n) is 4.68. The van der Waals surface area contributed by atoms with E-state index >= 15 is 0 Å². The zero-order valence-corrected chi connectivity index (χ0v) is 11.5. The first kappa shape index (κ1) is 15.4. The summed E-state index contributed by atoms with van der Waals surface area (Å²) in [7, 11) is 0. The highest BCUT2D eigenvalue weighted by atomic mass is 16.4. The summed E-state index contributed by atoms with van der Waals surface area (Å²) in [6.07, 6.45) is -0.669. The Morgan fingerprint density at radius 3 is 2.58 bits per heavy atom. The van der Waals surface area contributed by atoms with E-state index in [0.29, 0.717) is 13.1 Å². The number of carbonyl (C=O) groups is 1. The van der Waals surface area contributed by atoms with Crippen LogP contribution < -0.4 is 0 Å². The third kappa shape index (κ3) is 4.85. The van der Waals surface area contributed by atoms with Crippen LogP contribution in [0.25, 0.3) is 5.57 Å². The number of allylic oxidation sites excluding steroid dienone is 1. The first-order valence-corrected chi connectivity index (χ1v) is 6.29. The summed E-state index contributed by atoms with van der Waals surface area (Å²) in [5.74, 6) is -0.862. The number of hydrogen-bond acceptors (Lipinski definition) is 3. The molecule has 0 aliphatic rings. The molecule has 0 aliphatic heterocycles. The predicted molar refractivity (Wildman–Crippen MR) is 75.5 cm³/mol. The smallest absolute Gasteiger partial charge is 0.304 e. The lowest BCUT2D eigenvalue weighted by atomic mass is 10.0. The first-order chi connectivity index (χ1) is 8.91. The van der Waals surface area contributed by atoms with Crippen molar-refractivity contribution in [2.24, 2.45) is 0 Å². The predicted octanol–water partition coefficient (Wildman–Crippen LogP) is 2.33. The number of aliphatic hydroxyl groups is 1. The normalized spacial score (nSPS) is 12.4. The minimum absolute atomic E-state index is 0.0140. The van der Waals surface area contributed by atoms with Gasteiger partial charge in [0.1, 0.15) is 6.23 Å². The Morgan fingerprint density at radius 2 is 2.05 bits per heavy atom. The largest absolute Gasteiger partial charge is 0.481 e. The number of benzene rings is 1. The van der Waals surface area contributed by atoms with Crippen LogP contribution in [-0.2, 0) is 11.3 Å². The lowest BCUT2D eigenvalue weighted by Gasteiger charge is -2.25. The van der Waals surface area contributed by atoms with Crippen LogP contribution in [0.2, 0.25) is 0 Å². The molecule has 0 saturated heterocycles. The lowest BCUT2D eigenvalue weighted by Crippen LogP contribution is -2.34. The van der Waals surface area contributed by atoms with Gasteiger partial charge in [-0.2, -0.15) is 0 Å². The van der Waals surface area contributed by atoms with Gasteiger partial charge in [-0.25, -0.2) is 0 Å². The Kier molecular flexibility index (Phi) is 5.73. The maximum atomic E-state index is 10.6. The third-order valence-electron chi connectivity index (χ3n) is 2.99. The van der Waals surface area contributed by atoms with Crippen LogP contribution in [0, 0.1) is 0 Å². The van der Waals surface area contributed by atoms with E-state index < -0.39 is 12.2 Å². The van der Waals surface area contributed by atoms with E-state index in [1.165, 1.54) is 0 Å². The summed E-state index contributed by atoms with van der Waals surface area (Å²) >= 11 is 0. The maximum absolute atomic E-state index is 10.6. The number of aliphatic hydroxyl groups excluding tert-OH is 1. The second-order valence-corrected chi connectivity index (χ2v) is 4.68. The molecule has 104 valence electrons. The van der Waals surface area contributed by atoms with E-state index in [1.807, 2.05) is 31.2 Å². The van der Waals surface area contributed by atoms with E-state index in [9.17, 15) is 9.90 Å². The van der Waals surface area contributed by atoms with Crippen LogP contribution in [0.4, 0.5) is 0 Å². The van der Waals surface area contributed by atoms with Gasteiger partial charge in [-0.05, 0) is 25.0 Å². The van der Waals surface area contributed by atoms with Gasteiger partial charge in [0.2, 0.25) is 0 Å². The van der Waals surface area contributed by atoms with Crippen molar-refractivity contribution in [1.29, 1.82) is 0 Å². The number of carboxylic acids is 1. The highest BCUT2D eigenvalue weighted by Gasteiger charge is 2.14. The van der Waals surface area contributed by atoms with E-state index in [4.69, 9.17) is 5.11 Å². The SMILES string of the molecule is C=C(C)c1ccccc1CN(CCC(=O)O)C(C)O. The average Bonchev–Trinajstić information content (AvgIpc) is 2.34.